The van der Waals surface area contributed by atoms with Gasteiger partial charge in [0.15, 0.2) is 4.80 Å². The Morgan fingerprint density at radius 3 is 2.58 bits per heavy atom. The minimum Gasteiger partial charge on any atom is -0.468 e. The Morgan fingerprint density at radius 1 is 1.19 bits per heavy atom. The van der Waals surface area contributed by atoms with Crippen LogP contribution in [0.25, 0.3) is 10.2 Å². The fourth-order valence-electron chi connectivity index (χ4n) is 2.54. The number of aromatic nitrogens is 1. The van der Waals surface area contributed by atoms with Crippen LogP contribution in [0.4, 0.5) is 0 Å². The minimum absolute atomic E-state index is 0.0109. The topological polar surface area (TPSA) is 60.7 Å². The summed E-state index contributed by atoms with van der Waals surface area (Å²) in [7, 11) is 1.35. The van der Waals surface area contributed by atoms with Crippen LogP contribution < -0.4 is 4.80 Å². The number of amides is 1. The first-order chi connectivity index (χ1) is 12.4. The summed E-state index contributed by atoms with van der Waals surface area (Å²) in [6.45, 7) is 4.06. The predicted molar refractivity (Wildman–Crippen MR) is 110 cm³/mol. The quantitative estimate of drug-likeness (QED) is 0.423. The maximum Gasteiger partial charge on any atom is 0.325 e. The maximum atomic E-state index is 12.7. The molecule has 0 bridgehead atoms. The zero-order valence-electron chi connectivity index (χ0n) is 14.6. The van der Waals surface area contributed by atoms with E-state index in [1.165, 1.54) is 18.4 Å². The van der Waals surface area contributed by atoms with Gasteiger partial charge in [-0.1, -0.05) is 23.5 Å². The second-order valence-electron chi connectivity index (χ2n) is 5.85. The van der Waals surface area contributed by atoms with Crippen LogP contribution in [0.1, 0.15) is 21.5 Å². The molecule has 2 aromatic carbocycles. The highest BCUT2D eigenvalue weighted by Gasteiger charge is 2.14. The molecule has 0 N–H and O–H groups in total. The number of thiazole rings is 1. The van der Waals surface area contributed by atoms with E-state index in [0.29, 0.717) is 10.4 Å². The van der Waals surface area contributed by atoms with Crippen molar-refractivity contribution in [3.05, 3.63) is 61.5 Å². The van der Waals surface area contributed by atoms with Crippen molar-refractivity contribution in [1.29, 1.82) is 0 Å². The lowest BCUT2D eigenvalue weighted by atomic mass is 10.1. The molecule has 0 spiro atoms. The number of hydrogen-bond donors (Lipinski definition) is 0. The van der Waals surface area contributed by atoms with Gasteiger partial charge in [0.05, 0.1) is 22.9 Å². The number of fused-ring (bicyclic) bond motifs is 1. The molecule has 26 heavy (non-hydrogen) atoms. The van der Waals surface area contributed by atoms with Crippen LogP contribution in [-0.4, -0.2) is 23.6 Å². The number of methoxy groups -OCH3 is 1. The number of aryl methyl sites for hydroxylation is 2. The molecule has 0 saturated heterocycles. The van der Waals surface area contributed by atoms with E-state index in [1.807, 2.05) is 38.1 Å². The normalized spacial score (nSPS) is 11.8. The lowest BCUT2D eigenvalue weighted by Crippen LogP contribution is -2.22. The highest BCUT2D eigenvalue weighted by atomic mass is 127. The van der Waals surface area contributed by atoms with Crippen LogP contribution in [0.5, 0.6) is 0 Å². The molecule has 134 valence electrons. The number of ether oxygens (including phenoxy) is 1. The van der Waals surface area contributed by atoms with Gasteiger partial charge < -0.3 is 9.30 Å². The van der Waals surface area contributed by atoms with Crippen molar-refractivity contribution in [2.24, 2.45) is 4.99 Å². The van der Waals surface area contributed by atoms with E-state index in [9.17, 15) is 9.59 Å². The number of benzene rings is 2. The monoisotopic (exact) mass is 480 g/mol. The van der Waals surface area contributed by atoms with Crippen LogP contribution >= 0.6 is 33.9 Å². The molecule has 3 aromatic rings. The Bertz CT molecular complexity index is 1080. The minimum atomic E-state index is -0.383. The second kappa shape index (κ2) is 7.71. The zero-order chi connectivity index (χ0) is 18.8. The Balaban J connectivity index is 2.20. The summed E-state index contributed by atoms with van der Waals surface area (Å²) in [5, 5.41) is 0. The molecule has 1 amide bonds. The Hall–Kier alpha value is -2.00. The number of esters is 1. The van der Waals surface area contributed by atoms with Gasteiger partial charge in [0.25, 0.3) is 5.91 Å². The molecule has 5 nitrogen and oxygen atoms in total. The Kier molecular flexibility index (Phi) is 5.57. The maximum absolute atomic E-state index is 12.7. The average Bonchev–Trinajstić information content (AvgIpc) is 2.92. The lowest BCUT2D eigenvalue weighted by Gasteiger charge is -2.05. The molecule has 1 aromatic heterocycles. The van der Waals surface area contributed by atoms with Crippen molar-refractivity contribution >= 4 is 56.0 Å². The third kappa shape index (κ3) is 3.73. The molecule has 0 aliphatic carbocycles. The number of carbonyl (C=O) groups excluding carboxylic acids is 2. The summed E-state index contributed by atoms with van der Waals surface area (Å²) in [5.41, 5.74) is 3.68. The van der Waals surface area contributed by atoms with Crippen molar-refractivity contribution in [3.63, 3.8) is 0 Å². The predicted octanol–water partition coefficient (Wildman–Crippen LogP) is 3.84. The summed E-state index contributed by atoms with van der Waals surface area (Å²) >= 11 is 3.51. The number of hydrogen-bond acceptors (Lipinski definition) is 4. The molecule has 1 heterocycles. The number of halogens is 1. The van der Waals surface area contributed by atoms with Gasteiger partial charge in [0.1, 0.15) is 6.54 Å². The van der Waals surface area contributed by atoms with E-state index in [2.05, 4.69) is 33.6 Å². The molecule has 0 saturated carbocycles. The van der Waals surface area contributed by atoms with Crippen molar-refractivity contribution in [3.8, 4) is 0 Å². The largest absolute Gasteiger partial charge is 0.468 e. The van der Waals surface area contributed by atoms with Crippen LogP contribution in [0.3, 0.4) is 0 Å². The van der Waals surface area contributed by atoms with Gasteiger partial charge in [0.2, 0.25) is 0 Å². The van der Waals surface area contributed by atoms with Gasteiger partial charge >= 0.3 is 5.97 Å². The standard InChI is InChI=1S/C19H17IN2O3S/c1-11-8-15-16(9-12(11)2)26-19(22(15)10-17(23)25-3)21-18(24)13-6-4-5-7-14(13)20/h4-9H,10H2,1-3H3. The van der Waals surface area contributed by atoms with Crippen LogP contribution in [-0.2, 0) is 16.1 Å². The molecule has 7 heteroatoms. The van der Waals surface area contributed by atoms with Crippen molar-refractivity contribution in [2.75, 3.05) is 7.11 Å². The smallest absolute Gasteiger partial charge is 0.325 e. The van der Waals surface area contributed by atoms with Crippen LogP contribution in [0, 0.1) is 17.4 Å². The van der Waals surface area contributed by atoms with Crippen molar-refractivity contribution < 1.29 is 14.3 Å². The van der Waals surface area contributed by atoms with Crippen molar-refractivity contribution in [1.82, 2.24) is 4.57 Å². The molecule has 0 unspecified atom stereocenters. The van der Waals surface area contributed by atoms with Gasteiger partial charge in [-0.15, -0.1) is 0 Å². The first-order valence-electron chi connectivity index (χ1n) is 7.91. The van der Waals surface area contributed by atoms with Crippen LogP contribution in [0.2, 0.25) is 0 Å². The summed E-state index contributed by atoms with van der Waals surface area (Å²) < 4.78 is 8.37. The van der Waals surface area contributed by atoms with E-state index >= 15 is 0 Å². The fourth-order valence-corrected chi connectivity index (χ4v) is 4.26. The van der Waals surface area contributed by atoms with Crippen molar-refractivity contribution in [2.45, 2.75) is 20.4 Å². The summed E-state index contributed by atoms with van der Waals surface area (Å²) in [5.74, 6) is -0.709. The molecule has 0 fully saturated rings. The SMILES string of the molecule is COC(=O)Cn1c(=NC(=O)c2ccccc2I)sc2cc(C)c(C)cc21. The summed E-state index contributed by atoms with van der Waals surface area (Å²) in [6, 6.07) is 11.4. The number of nitrogens with zero attached hydrogens (tertiary/aromatic N) is 2. The molecule has 0 atom stereocenters. The highest BCUT2D eigenvalue weighted by molar-refractivity contribution is 14.1. The molecule has 0 aliphatic heterocycles. The molecule has 3 rings (SSSR count). The van der Waals surface area contributed by atoms with E-state index in [0.717, 1.165) is 24.9 Å². The Morgan fingerprint density at radius 2 is 1.88 bits per heavy atom. The third-order valence-electron chi connectivity index (χ3n) is 4.11. The molecular formula is C19H17IN2O3S. The number of rotatable bonds is 3. The van der Waals surface area contributed by atoms with Gasteiger partial charge in [-0.3, -0.25) is 9.59 Å². The van der Waals surface area contributed by atoms with Gasteiger partial charge in [-0.05, 0) is 71.8 Å². The highest BCUT2D eigenvalue weighted by Crippen LogP contribution is 2.22. The first-order valence-corrected chi connectivity index (χ1v) is 9.81. The van der Waals surface area contributed by atoms with Gasteiger partial charge in [-0.25, -0.2) is 0 Å². The lowest BCUT2D eigenvalue weighted by molar-refractivity contribution is -0.141. The third-order valence-corrected chi connectivity index (χ3v) is 6.10. The molecule has 0 aliphatic rings. The van der Waals surface area contributed by atoms with Gasteiger partial charge in [-0.2, -0.15) is 4.99 Å². The van der Waals surface area contributed by atoms with E-state index in [1.54, 1.807) is 10.6 Å². The van der Waals surface area contributed by atoms with Gasteiger partial charge in [0, 0.05) is 3.57 Å². The van der Waals surface area contributed by atoms with Crippen LogP contribution in [0.15, 0.2) is 41.4 Å². The van der Waals surface area contributed by atoms with E-state index in [-0.39, 0.29) is 18.4 Å². The fraction of sp³-hybridized carbons (Fsp3) is 0.211. The second-order valence-corrected chi connectivity index (χ2v) is 8.02. The average molecular weight is 480 g/mol. The first kappa shape index (κ1) is 18.8. The Labute approximate surface area is 168 Å². The van der Waals surface area contributed by atoms with E-state index < -0.39 is 0 Å². The van der Waals surface area contributed by atoms with E-state index in [4.69, 9.17) is 4.74 Å². The zero-order valence-corrected chi connectivity index (χ0v) is 17.6. The number of carbonyl (C=O) groups is 2. The molecular weight excluding hydrogens is 463 g/mol. The summed E-state index contributed by atoms with van der Waals surface area (Å²) in [6.07, 6.45) is 0. The summed E-state index contributed by atoms with van der Waals surface area (Å²) in [4.78, 5) is 29.3. The molecule has 0 radical (unpaired) electrons.